The Morgan fingerprint density at radius 1 is 1.14 bits per heavy atom. The molecule has 0 bridgehead atoms. The van der Waals surface area contributed by atoms with Crippen molar-refractivity contribution in [2.24, 2.45) is 5.92 Å². The molecule has 158 valence electrons. The van der Waals surface area contributed by atoms with Gasteiger partial charge >= 0.3 is 0 Å². The van der Waals surface area contributed by atoms with Crippen LogP contribution in [0.5, 0.6) is 0 Å². The van der Waals surface area contributed by atoms with Crippen LogP contribution in [0.25, 0.3) is 0 Å². The van der Waals surface area contributed by atoms with Crippen molar-refractivity contribution in [2.75, 3.05) is 32.7 Å². The van der Waals surface area contributed by atoms with Gasteiger partial charge in [0.25, 0.3) is 0 Å². The number of rotatable bonds is 6. The number of hydrogen-bond acceptors (Lipinski definition) is 6. The summed E-state index contributed by atoms with van der Waals surface area (Å²) in [6.07, 6.45) is 4.23. The maximum absolute atomic E-state index is 12.9. The highest BCUT2D eigenvalue weighted by atomic mass is 32.2. The first-order valence-corrected chi connectivity index (χ1v) is 11.7. The van der Waals surface area contributed by atoms with Crippen LogP contribution in [-0.2, 0) is 14.8 Å². The van der Waals surface area contributed by atoms with Crippen molar-refractivity contribution in [3.63, 3.8) is 0 Å². The van der Waals surface area contributed by atoms with Crippen molar-refractivity contribution in [2.45, 2.75) is 63.8 Å². The first kappa shape index (κ1) is 21.3. The highest BCUT2D eigenvalue weighted by Gasteiger charge is 2.36. The molecule has 0 radical (unpaired) electrons. The van der Waals surface area contributed by atoms with E-state index in [1.54, 1.807) is 13.8 Å². The number of sulfonamides is 1. The summed E-state index contributed by atoms with van der Waals surface area (Å²) in [7, 11) is -3.63. The van der Waals surface area contributed by atoms with Crippen molar-refractivity contribution in [1.82, 2.24) is 19.7 Å². The van der Waals surface area contributed by atoms with E-state index in [0.717, 1.165) is 38.9 Å². The van der Waals surface area contributed by atoms with Crippen LogP contribution < -0.4 is 5.32 Å². The predicted octanol–water partition coefficient (Wildman–Crippen LogP) is 1.68. The van der Waals surface area contributed by atoms with Crippen LogP contribution in [0.4, 0.5) is 0 Å². The van der Waals surface area contributed by atoms with E-state index in [4.69, 9.17) is 4.52 Å². The van der Waals surface area contributed by atoms with Crippen LogP contribution in [0.15, 0.2) is 9.42 Å². The van der Waals surface area contributed by atoms with Crippen molar-refractivity contribution in [1.29, 1.82) is 0 Å². The summed E-state index contributed by atoms with van der Waals surface area (Å²) < 4.78 is 32.2. The fraction of sp³-hybridized carbons (Fsp3) is 0.789. The Morgan fingerprint density at radius 2 is 1.79 bits per heavy atom. The summed E-state index contributed by atoms with van der Waals surface area (Å²) in [5, 5.41) is 6.95. The number of carbonyl (C=O) groups is 1. The molecule has 3 heterocycles. The molecule has 2 saturated heterocycles. The lowest BCUT2D eigenvalue weighted by atomic mass is 9.96. The lowest BCUT2D eigenvalue weighted by Crippen LogP contribution is -2.48. The molecule has 1 N–H and O–H groups in total. The van der Waals surface area contributed by atoms with E-state index in [1.165, 1.54) is 4.31 Å². The highest BCUT2D eigenvalue weighted by molar-refractivity contribution is 7.89. The summed E-state index contributed by atoms with van der Waals surface area (Å²) in [5.74, 6) is 0.264. The highest BCUT2D eigenvalue weighted by Crippen LogP contribution is 2.28. The first-order chi connectivity index (χ1) is 13.3. The average molecular weight is 413 g/mol. The fourth-order valence-corrected chi connectivity index (χ4v) is 6.03. The van der Waals surface area contributed by atoms with E-state index in [2.05, 4.69) is 22.3 Å². The number of amides is 1. The lowest BCUT2D eigenvalue weighted by molar-refractivity contribution is -0.127. The maximum Gasteiger partial charge on any atom is 0.248 e. The lowest BCUT2D eigenvalue weighted by Gasteiger charge is -2.34. The minimum absolute atomic E-state index is 0.0725. The number of nitrogens with one attached hydrogen (secondary N) is 1. The summed E-state index contributed by atoms with van der Waals surface area (Å²) in [6.45, 7) is 9.32. The molecule has 1 amide bonds. The molecule has 0 aromatic carbocycles. The zero-order chi connectivity index (χ0) is 20.3. The van der Waals surface area contributed by atoms with Gasteiger partial charge in [0.2, 0.25) is 15.9 Å². The molecule has 0 aliphatic carbocycles. The molecule has 1 aromatic rings. The third-order valence-corrected chi connectivity index (χ3v) is 8.01. The number of carbonyl (C=O) groups excluding carboxylic acids is 1. The predicted molar refractivity (Wildman–Crippen MR) is 105 cm³/mol. The molecule has 0 atom stereocenters. The Hall–Kier alpha value is -1.45. The second kappa shape index (κ2) is 8.92. The van der Waals surface area contributed by atoms with Crippen molar-refractivity contribution >= 4 is 15.9 Å². The number of likely N-dealkylation sites (tertiary alicyclic amines) is 1. The monoisotopic (exact) mass is 412 g/mol. The van der Waals surface area contributed by atoms with E-state index in [-0.39, 0.29) is 22.8 Å². The number of nitrogens with zero attached hydrogens (tertiary/aromatic N) is 3. The molecule has 28 heavy (non-hydrogen) atoms. The molecular weight excluding hydrogens is 380 g/mol. The average Bonchev–Trinajstić information content (AvgIpc) is 3.02. The van der Waals surface area contributed by atoms with Gasteiger partial charge < -0.3 is 14.7 Å². The van der Waals surface area contributed by atoms with Gasteiger partial charge in [0.05, 0.1) is 0 Å². The zero-order valence-corrected chi connectivity index (χ0v) is 17.9. The zero-order valence-electron chi connectivity index (χ0n) is 17.1. The van der Waals surface area contributed by atoms with Gasteiger partial charge in [0.1, 0.15) is 10.6 Å². The standard InChI is InChI=1S/C19H32N4O4S/c1-4-9-22-10-7-17(8-11-22)20-19(24)16-5-12-23(13-6-16)28(25,26)18-14(2)21-27-15(18)3/h16-17H,4-13H2,1-3H3,(H,20,24). The van der Waals surface area contributed by atoms with Crippen molar-refractivity contribution in [3.8, 4) is 0 Å². The quantitative estimate of drug-likeness (QED) is 0.764. The first-order valence-electron chi connectivity index (χ1n) is 10.3. The third-order valence-electron chi connectivity index (χ3n) is 5.86. The molecule has 2 aliphatic rings. The molecule has 9 heteroatoms. The molecule has 2 aliphatic heterocycles. The summed E-state index contributed by atoms with van der Waals surface area (Å²) >= 11 is 0. The van der Waals surface area contributed by atoms with Gasteiger partial charge in [0.15, 0.2) is 5.76 Å². The molecule has 1 aromatic heterocycles. The van der Waals surface area contributed by atoms with E-state index < -0.39 is 10.0 Å². The largest absolute Gasteiger partial charge is 0.360 e. The Balaban J connectivity index is 1.51. The van der Waals surface area contributed by atoms with Crippen LogP contribution in [0.2, 0.25) is 0 Å². The normalized spacial score (nSPS) is 21.1. The Labute approximate surface area is 167 Å². The second-order valence-corrected chi connectivity index (χ2v) is 9.83. The molecule has 2 fully saturated rings. The summed E-state index contributed by atoms with van der Waals surface area (Å²) in [6, 6.07) is 0.240. The summed E-state index contributed by atoms with van der Waals surface area (Å²) in [4.78, 5) is 15.3. The molecule has 8 nitrogen and oxygen atoms in total. The summed E-state index contributed by atoms with van der Waals surface area (Å²) in [5.41, 5.74) is 0.381. The van der Waals surface area contributed by atoms with Crippen molar-refractivity contribution in [3.05, 3.63) is 11.5 Å². The van der Waals surface area contributed by atoms with Gasteiger partial charge in [-0.3, -0.25) is 4.79 Å². The van der Waals surface area contributed by atoms with Gasteiger partial charge in [0, 0.05) is 38.1 Å². The van der Waals surface area contributed by atoms with Gasteiger partial charge in [-0.05, 0) is 52.5 Å². The van der Waals surface area contributed by atoms with E-state index in [1.807, 2.05) is 0 Å². The maximum atomic E-state index is 12.9. The van der Waals surface area contributed by atoms with Crippen LogP contribution >= 0.6 is 0 Å². The van der Waals surface area contributed by atoms with Gasteiger partial charge in [-0.2, -0.15) is 4.31 Å². The second-order valence-electron chi connectivity index (χ2n) is 7.96. The third kappa shape index (κ3) is 4.58. The van der Waals surface area contributed by atoms with E-state index in [9.17, 15) is 13.2 Å². The smallest absolute Gasteiger partial charge is 0.248 e. The minimum Gasteiger partial charge on any atom is -0.360 e. The molecule has 0 unspecified atom stereocenters. The molecule has 0 saturated carbocycles. The minimum atomic E-state index is -3.63. The van der Waals surface area contributed by atoms with Gasteiger partial charge in [-0.1, -0.05) is 12.1 Å². The molecular formula is C19H32N4O4S. The van der Waals surface area contributed by atoms with E-state index >= 15 is 0 Å². The Bertz CT molecular complexity index is 756. The Morgan fingerprint density at radius 3 is 2.32 bits per heavy atom. The molecule has 0 spiro atoms. The van der Waals surface area contributed by atoms with Gasteiger partial charge in [-0.25, -0.2) is 8.42 Å². The SMILES string of the molecule is CCCN1CCC(NC(=O)C2CCN(S(=O)(=O)c3c(C)noc3C)CC2)CC1. The van der Waals surface area contributed by atoms with Crippen molar-refractivity contribution < 1.29 is 17.7 Å². The van der Waals surface area contributed by atoms with Crippen LogP contribution in [0.3, 0.4) is 0 Å². The van der Waals surface area contributed by atoms with Crippen LogP contribution in [-0.4, -0.2) is 67.5 Å². The van der Waals surface area contributed by atoms with Gasteiger partial charge in [-0.15, -0.1) is 0 Å². The Kier molecular flexibility index (Phi) is 6.77. The molecule has 3 rings (SSSR count). The number of piperidine rings is 2. The topological polar surface area (TPSA) is 95.8 Å². The number of aryl methyl sites for hydroxylation is 2. The number of aromatic nitrogens is 1. The van der Waals surface area contributed by atoms with E-state index in [0.29, 0.717) is 37.4 Å². The number of hydrogen-bond donors (Lipinski definition) is 1. The van der Waals surface area contributed by atoms with Crippen LogP contribution in [0.1, 0.15) is 50.5 Å². The van der Waals surface area contributed by atoms with Crippen LogP contribution in [0, 0.1) is 19.8 Å². The fourth-order valence-electron chi connectivity index (χ4n) is 4.27.